The van der Waals surface area contributed by atoms with Crippen LogP contribution in [0, 0.1) is 37.5 Å². The van der Waals surface area contributed by atoms with E-state index in [1.807, 2.05) is 91.5 Å². The van der Waals surface area contributed by atoms with Crippen molar-refractivity contribution in [3.8, 4) is 34.5 Å². The summed E-state index contributed by atoms with van der Waals surface area (Å²) in [6.07, 6.45) is 5.58. The van der Waals surface area contributed by atoms with Gasteiger partial charge >= 0.3 is 6.18 Å². The molecule has 3 unspecified atom stereocenters. The van der Waals surface area contributed by atoms with Crippen LogP contribution in [0.15, 0.2) is 185 Å². The third-order valence-corrected chi connectivity index (χ3v) is 21.4. The molecule has 5 aliphatic heterocycles. The van der Waals surface area contributed by atoms with Gasteiger partial charge in [-0.25, -0.2) is 39.9 Å². The van der Waals surface area contributed by atoms with E-state index < -0.39 is 28.8 Å². The Morgan fingerprint density at radius 1 is 0.484 bits per heavy atom. The molecule has 27 nitrogen and oxygen atoms in total. The van der Waals surface area contributed by atoms with Crippen molar-refractivity contribution in [1.82, 2.24) is 61.1 Å². The second-order valence-electron chi connectivity index (χ2n) is 32.3. The number of nitrogens with zero attached hydrogens (tertiary/aromatic N) is 12. The monoisotopic (exact) mass is 1680 g/mol. The van der Waals surface area contributed by atoms with E-state index in [2.05, 4.69) is 113 Å². The Labute approximate surface area is 726 Å². The minimum Gasteiger partial charge on any atom is -0.461 e. The molecular weight excluding hydrogens is 1550 g/mol. The standard InChI is InChI=1S/C26H25N5O2.C24H29N5O2.C24H31N5O2.C18H18F3N5O.13H2/c1-17-9-11-22(33-17)19-10-12-23(30-24(19)25(32)20-8-5-13-29-26(20)27)31-15-14-28-21(16-31)18-6-3-2-4-7-18;1-15(2)13-17-14-29(12-11-26-17)21-9-7-18(20-8-6-16(3)31-20)22(28-21)23(30)19-5-4-10-27-24(19)25;1-16(2)14-18-15-29(13-12-26-18)20-8-7-17(9-10-24(3,4)31)21(28-20)22(30)19-6-5-11-27-23(19)25;19-18(20,21)13-5-6-14(26-8-10-3-4-11(9-26)24-10)25-15(13)16(27)12-2-1-7-23-17(12)22;;;;;;;;;;;;;/h2-13,21,28H,14-16H2,1H3,(H2,27,29);4-10,15,17,26H,11-14H2,1-3H3,(H2,25,27);5-8,11,16,18,26,31H,12-15H2,1-4H3,(H2,25,27);1-2,5-7,10-11,24H,3-4,8-9H2,(H2,22,23);13*1H/t;17-;18-;;;;;;;;;;;;;;/m.00............../s1. The van der Waals surface area contributed by atoms with Crippen LogP contribution in [0.25, 0.3) is 22.6 Å². The average Bonchev–Trinajstić information content (AvgIpc) is 1.76. The van der Waals surface area contributed by atoms with Gasteiger partial charge in [-0.15, -0.1) is 0 Å². The van der Waals surface area contributed by atoms with Crippen molar-refractivity contribution in [1.29, 1.82) is 0 Å². The fourth-order valence-electron chi connectivity index (χ4n) is 15.6. The first-order valence-corrected chi connectivity index (χ1v) is 41.0. The molecule has 15 heterocycles. The Morgan fingerprint density at radius 3 is 1.30 bits per heavy atom. The lowest BCUT2D eigenvalue weighted by Gasteiger charge is -2.35. The lowest BCUT2D eigenvalue weighted by molar-refractivity contribution is -0.138. The lowest BCUT2D eigenvalue weighted by atomic mass is 10.0. The number of hydrogen-bond donors (Lipinski definition) is 9. The number of aryl methyl sites for hydroxylation is 2. The van der Waals surface area contributed by atoms with Gasteiger partial charge in [0.15, 0.2) is 0 Å². The van der Waals surface area contributed by atoms with E-state index >= 15 is 0 Å². The molecule has 10 aromatic heterocycles. The number of carbonyl (C=O) groups is 4. The molecule has 122 heavy (non-hydrogen) atoms. The average molecular weight is 1680 g/mol. The van der Waals surface area contributed by atoms with Gasteiger partial charge in [-0.1, -0.05) is 69.9 Å². The number of halogens is 3. The molecule has 13 N–H and O–H groups in total. The van der Waals surface area contributed by atoms with Crippen molar-refractivity contribution in [2.24, 2.45) is 11.8 Å². The van der Waals surface area contributed by atoms with Gasteiger partial charge in [0.1, 0.15) is 98.0 Å². The van der Waals surface area contributed by atoms with Crippen LogP contribution >= 0.6 is 0 Å². The summed E-state index contributed by atoms with van der Waals surface area (Å²) in [6, 6.07) is 45.9. The molecule has 2 bridgehead atoms. The molecule has 0 saturated carbocycles. The van der Waals surface area contributed by atoms with Crippen LogP contribution in [0.4, 0.5) is 59.7 Å². The highest BCUT2D eigenvalue weighted by Crippen LogP contribution is 2.37. The van der Waals surface area contributed by atoms with Gasteiger partial charge in [0.2, 0.25) is 23.1 Å². The van der Waals surface area contributed by atoms with Gasteiger partial charge in [0, 0.05) is 157 Å². The van der Waals surface area contributed by atoms with Crippen LogP contribution in [-0.4, -0.2) is 170 Å². The highest BCUT2D eigenvalue weighted by atomic mass is 19.4. The Kier molecular flexibility index (Phi) is 27.6. The molecule has 5 aliphatic rings. The number of anilines is 8. The van der Waals surface area contributed by atoms with E-state index in [1.165, 1.54) is 30.0 Å². The third-order valence-electron chi connectivity index (χ3n) is 21.4. The predicted octanol–water partition coefficient (Wildman–Crippen LogP) is 15.4. The van der Waals surface area contributed by atoms with Crippen molar-refractivity contribution >= 4 is 69.7 Å². The zero-order chi connectivity index (χ0) is 86.5. The number of fused-ring (bicyclic) bond motifs is 2. The molecule has 30 heteroatoms. The van der Waals surface area contributed by atoms with Crippen molar-refractivity contribution in [2.75, 3.05) is 115 Å². The predicted molar refractivity (Wildman–Crippen MR) is 494 cm³/mol. The molecule has 0 spiro atoms. The summed E-state index contributed by atoms with van der Waals surface area (Å²) in [5.74, 6) is 10.9. The van der Waals surface area contributed by atoms with Crippen LogP contribution in [-0.2, 0) is 6.18 Å². The van der Waals surface area contributed by atoms with E-state index in [0.29, 0.717) is 106 Å². The molecule has 1 aromatic carbocycles. The molecule has 11 aromatic rings. The number of hydrogen-bond acceptors (Lipinski definition) is 27. The maximum atomic E-state index is 13.5. The number of rotatable bonds is 19. The summed E-state index contributed by atoms with van der Waals surface area (Å²) < 4.78 is 52.0. The number of piperazine rings is 4. The molecule has 0 aliphatic carbocycles. The quantitative estimate of drug-likeness (QED) is 0.0268. The number of nitrogens with one attached hydrogen (secondary N) is 4. The van der Waals surface area contributed by atoms with Gasteiger partial charge in [0.25, 0.3) is 0 Å². The van der Waals surface area contributed by atoms with Crippen molar-refractivity contribution < 1.29 is 64.8 Å². The van der Waals surface area contributed by atoms with Gasteiger partial charge in [0.05, 0.1) is 33.4 Å². The van der Waals surface area contributed by atoms with Crippen molar-refractivity contribution in [2.45, 2.75) is 123 Å². The number of pyridine rings is 8. The zero-order valence-electron chi connectivity index (χ0n) is 69.6. The zero-order valence-corrected chi connectivity index (χ0v) is 69.6. The number of aliphatic hydroxyl groups is 1. The number of ketones is 4. The van der Waals surface area contributed by atoms with Crippen LogP contribution in [0.1, 0.15) is 184 Å². The summed E-state index contributed by atoms with van der Waals surface area (Å²) >= 11 is 0. The normalized spacial score (nSPS) is 17.7. The Hall–Kier alpha value is -12.8. The number of nitrogens with two attached hydrogens (primary N) is 4. The first-order chi connectivity index (χ1) is 58.5. The van der Waals surface area contributed by atoms with Gasteiger partial charge in [-0.3, -0.25) is 19.2 Å². The number of furan rings is 2. The fourth-order valence-corrected chi connectivity index (χ4v) is 15.6. The maximum absolute atomic E-state index is 13.5. The summed E-state index contributed by atoms with van der Waals surface area (Å²) in [7, 11) is 0. The largest absolute Gasteiger partial charge is 0.461 e. The topological polar surface area (TPSA) is 383 Å². The van der Waals surface area contributed by atoms with E-state index in [-0.39, 0.29) is 82.0 Å². The number of aromatic nitrogens is 8. The molecule has 0 amide bonds. The van der Waals surface area contributed by atoms with Gasteiger partial charge in [-0.2, -0.15) is 13.2 Å². The maximum Gasteiger partial charge on any atom is 0.418 e. The number of nitrogen functional groups attached to an aromatic ring is 4. The van der Waals surface area contributed by atoms with Gasteiger partial charge in [-0.05, 0) is 192 Å². The third kappa shape index (κ3) is 21.7. The Balaban J connectivity index is 0.00000172. The molecule has 5 atom stereocenters. The summed E-state index contributed by atoms with van der Waals surface area (Å²) in [5, 5.41) is 24.2. The minimum atomic E-state index is -4.70. The van der Waals surface area contributed by atoms with Gasteiger partial charge < -0.3 is 77.7 Å². The second-order valence-corrected chi connectivity index (χ2v) is 32.3. The first kappa shape index (κ1) is 87.0. The number of carbonyl (C=O) groups excluding carboxylic acids is 4. The number of benzene rings is 1. The van der Waals surface area contributed by atoms with Crippen LogP contribution in [0.3, 0.4) is 0 Å². The summed E-state index contributed by atoms with van der Waals surface area (Å²) in [6.45, 7) is 24.5. The minimum absolute atomic E-state index is 0. The molecule has 660 valence electrons. The van der Waals surface area contributed by atoms with E-state index in [1.54, 1.807) is 74.9 Å². The van der Waals surface area contributed by atoms with E-state index in [4.69, 9.17) is 46.7 Å². The van der Waals surface area contributed by atoms with Crippen LogP contribution < -0.4 is 63.8 Å². The molecular formula is C92H129F3N20O7. The fraction of sp³-hybridized carbons (Fsp3) is 0.348. The highest BCUT2D eigenvalue weighted by molar-refractivity contribution is 6.15. The second kappa shape index (κ2) is 38.7. The van der Waals surface area contributed by atoms with Crippen molar-refractivity contribution in [3.05, 3.63) is 250 Å². The smallest absolute Gasteiger partial charge is 0.418 e. The summed E-state index contributed by atoms with van der Waals surface area (Å²) in [4.78, 5) is 96.1. The Bertz CT molecular complexity index is 5660. The van der Waals surface area contributed by atoms with Crippen LogP contribution in [0.5, 0.6) is 0 Å². The molecule has 5 saturated heterocycles. The molecule has 5 fully saturated rings. The van der Waals surface area contributed by atoms with Crippen LogP contribution in [0.2, 0.25) is 0 Å². The van der Waals surface area contributed by atoms with E-state index in [0.717, 1.165) is 120 Å². The Morgan fingerprint density at radius 2 is 0.877 bits per heavy atom. The van der Waals surface area contributed by atoms with Crippen molar-refractivity contribution in [3.63, 3.8) is 0 Å². The van der Waals surface area contributed by atoms with E-state index in [9.17, 15) is 37.5 Å². The first-order valence-electron chi connectivity index (χ1n) is 41.0. The SMILES string of the molecule is CC(C)C[C@H]1CN(c2ccc(C#CC(C)(C)O)c(C(=O)c3cccnc3N)n2)CCN1.Cc1ccc(-c2ccc(N3CCNC(c4ccccc4)C3)nc2C(=O)c2cccnc2N)o1.Cc1ccc(-c2ccc(N3CCN[C@@H](CC(C)C)C3)nc2C(=O)c2cccnc2N)o1.Nc1ncccc1C(=O)c1nc(N2CC3CCC(C2)N3)ccc1C(F)(F)F.[HH].[HH].[HH].[HH].[HH].[HH].[HH].[HH].[HH].[HH].[HH].[HH].[HH]. The molecule has 0 radical (unpaired) electrons. The highest BCUT2D eigenvalue weighted by Gasteiger charge is 2.40. The summed E-state index contributed by atoms with van der Waals surface area (Å²) in [5.41, 5.74) is 25.4. The lowest BCUT2D eigenvalue weighted by Crippen LogP contribution is -2.51. The molecule has 16 rings (SSSR count). The number of alkyl halides is 3.